The summed E-state index contributed by atoms with van der Waals surface area (Å²) < 4.78 is 10.9. The van der Waals surface area contributed by atoms with Gasteiger partial charge in [0.25, 0.3) is 5.91 Å². The molecular weight excluding hydrogens is 352 g/mol. The Hall–Kier alpha value is -2.79. The Balaban J connectivity index is 1.76. The number of hydrogen-bond acceptors (Lipinski definition) is 4. The first-order valence-corrected chi connectivity index (χ1v) is 8.60. The van der Waals surface area contributed by atoms with Crippen molar-refractivity contribution in [3.63, 3.8) is 0 Å². The molecule has 1 N–H and O–H groups in total. The predicted molar refractivity (Wildman–Crippen MR) is 101 cm³/mol. The summed E-state index contributed by atoms with van der Waals surface area (Å²) in [4.78, 5) is 17.5. The number of pyridine rings is 1. The average molecular weight is 369 g/mol. The summed E-state index contributed by atoms with van der Waals surface area (Å²) in [7, 11) is 0. The zero-order valence-corrected chi connectivity index (χ0v) is 15.4. The number of rotatable bonds is 2. The standard InChI is InChI=1S/C20H17ClN2O3/c1-10-4-5-13(6-15(10)21)23-20(24)19-11(2)14-7-17-18(26-9-25-17)8-16(14)22-12(19)3/h4-8H,9H2,1-3H3,(H,23,24). The summed E-state index contributed by atoms with van der Waals surface area (Å²) in [5, 5.41) is 4.38. The van der Waals surface area contributed by atoms with E-state index in [9.17, 15) is 4.79 Å². The van der Waals surface area contributed by atoms with Crippen LogP contribution in [0.5, 0.6) is 11.5 Å². The van der Waals surface area contributed by atoms with E-state index >= 15 is 0 Å². The van der Waals surface area contributed by atoms with Gasteiger partial charge in [0, 0.05) is 22.2 Å². The first-order valence-electron chi connectivity index (χ1n) is 8.22. The largest absolute Gasteiger partial charge is 0.454 e. The Morgan fingerprint density at radius 2 is 1.85 bits per heavy atom. The molecule has 1 aliphatic heterocycles. The molecule has 0 unspecified atom stereocenters. The lowest BCUT2D eigenvalue weighted by molar-refractivity contribution is 0.102. The van der Waals surface area contributed by atoms with Crippen molar-refractivity contribution in [1.82, 2.24) is 4.98 Å². The Kier molecular flexibility index (Phi) is 3.96. The van der Waals surface area contributed by atoms with E-state index in [4.69, 9.17) is 21.1 Å². The molecule has 0 saturated carbocycles. The molecule has 1 amide bonds. The van der Waals surface area contributed by atoms with Crippen LogP contribution in [-0.2, 0) is 0 Å². The minimum atomic E-state index is -0.216. The van der Waals surface area contributed by atoms with E-state index < -0.39 is 0 Å². The number of aryl methyl sites for hydroxylation is 3. The van der Waals surface area contributed by atoms with Crippen LogP contribution >= 0.6 is 11.6 Å². The maximum Gasteiger partial charge on any atom is 0.257 e. The maximum atomic E-state index is 12.9. The van der Waals surface area contributed by atoms with Gasteiger partial charge in [-0.05, 0) is 50.1 Å². The second-order valence-corrected chi connectivity index (χ2v) is 6.75. The molecule has 4 rings (SSSR count). The van der Waals surface area contributed by atoms with E-state index in [0.29, 0.717) is 33.5 Å². The normalized spacial score (nSPS) is 12.5. The van der Waals surface area contributed by atoms with Gasteiger partial charge in [-0.25, -0.2) is 0 Å². The van der Waals surface area contributed by atoms with Crippen LogP contribution in [0.4, 0.5) is 5.69 Å². The zero-order valence-electron chi connectivity index (χ0n) is 14.6. The fourth-order valence-electron chi connectivity index (χ4n) is 3.17. The fraction of sp³-hybridized carbons (Fsp3) is 0.200. The van der Waals surface area contributed by atoms with Crippen LogP contribution in [0.2, 0.25) is 5.02 Å². The third kappa shape index (κ3) is 2.74. The molecule has 0 aliphatic carbocycles. The minimum absolute atomic E-state index is 0.200. The van der Waals surface area contributed by atoms with Crippen molar-refractivity contribution in [3.05, 3.63) is 57.7 Å². The average Bonchev–Trinajstić information content (AvgIpc) is 3.04. The lowest BCUT2D eigenvalue weighted by atomic mass is 10.0. The summed E-state index contributed by atoms with van der Waals surface area (Å²) in [6.07, 6.45) is 0. The molecule has 0 atom stereocenters. The highest BCUT2D eigenvalue weighted by molar-refractivity contribution is 6.31. The van der Waals surface area contributed by atoms with E-state index in [-0.39, 0.29) is 12.7 Å². The van der Waals surface area contributed by atoms with Gasteiger partial charge < -0.3 is 14.8 Å². The molecule has 2 heterocycles. The number of amides is 1. The molecule has 2 aromatic carbocycles. The number of halogens is 1. The van der Waals surface area contributed by atoms with Gasteiger partial charge in [-0.3, -0.25) is 9.78 Å². The molecule has 0 saturated heterocycles. The van der Waals surface area contributed by atoms with Crippen molar-refractivity contribution in [3.8, 4) is 11.5 Å². The number of ether oxygens (including phenoxy) is 2. The van der Waals surface area contributed by atoms with Gasteiger partial charge in [-0.15, -0.1) is 0 Å². The van der Waals surface area contributed by atoms with E-state index in [0.717, 1.165) is 22.0 Å². The Morgan fingerprint density at radius 3 is 2.58 bits per heavy atom. The number of nitrogens with zero attached hydrogens (tertiary/aromatic N) is 1. The van der Waals surface area contributed by atoms with Crippen LogP contribution in [-0.4, -0.2) is 17.7 Å². The first kappa shape index (κ1) is 16.7. The molecule has 5 nitrogen and oxygen atoms in total. The molecule has 3 aromatic rings. The van der Waals surface area contributed by atoms with Crippen LogP contribution in [0.1, 0.15) is 27.2 Å². The van der Waals surface area contributed by atoms with Crippen molar-refractivity contribution >= 4 is 34.1 Å². The number of carbonyl (C=O) groups excluding carboxylic acids is 1. The second kappa shape index (κ2) is 6.18. The topological polar surface area (TPSA) is 60.5 Å². The molecule has 6 heteroatoms. The lowest BCUT2D eigenvalue weighted by Crippen LogP contribution is -2.16. The number of nitrogens with one attached hydrogen (secondary N) is 1. The summed E-state index contributed by atoms with van der Waals surface area (Å²) >= 11 is 6.15. The van der Waals surface area contributed by atoms with E-state index in [1.54, 1.807) is 6.07 Å². The van der Waals surface area contributed by atoms with Gasteiger partial charge in [0.1, 0.15) is 0 Å². The highest BCUT2D eigenvalue weighted by Gasteiger charge is 2.21. The van der Waals surface area contributed by atoms with E-state index in [1.807, 2.05) is 45.0 Å². The maximum absolute atomic E-state index is 12.9. The minimum Gasteiger partial charge on any atom is -0.454 e. The molecule has 1 aliphatic rings. The molecular formula is C20H17ClN2O3. The predicted octanol–water partition coefficient (Wildman–Crippen LogP) is 4.79. The zero-order chi connectivity index (χ0) is 18.4. The second-order valence-electron chi connectivity index (χ2n) is 6.34. The van der Waals surface area contributed by atoms with E-state index in [2.05, 4.69) is 10.3 Å². The van der Waals surface area contributed by atoms with Crippen LogP contribution in [0.15, 0.2) is 30.3 Å². The van der Waals surface area contributed by atoms with Crippen molar-refractivity contribution in [2.45, 2.75) is 20.8 Å². The summed E-state index contributed by atoms with van der Waals surface area (Å²) in [5.74, 6) is 1.13. The Morgan fingerprint density at radius 1 is 1.12 bits per heavy atom. The molecule has 0 bridgehead atoms. The molecule has 26 heavy (non-hydrogen) atoms. The number of hydrogen-bond donors (Lipinski definition) is 1. The highest BCUT2D eigenvalue weighted by Crippen LogP contribution is 2.37. The third-order valence-electron chi connectivity index (χ3n) is 4.58. The van der Waals surface area contributed by atoms with Crippen molar-refractivity contribution in [2.75, 3.05) is 12.1 Å². The molecule has 0 spiro atoms. The van der Waals surface area contributed by atoms with Gasteiger partial charge in [0.2, 0.25) is 6.79 Å². The van der Waals surface area contributed by atoms with Crippen LogP contribution in [0.25, 0.3) is 10.9 Å². The van der Waals surface area contributed by atoms with Crippen LogP contribution in [0, 0.1) is 20.8 Å². The quantitative estimate of drug-likeness (QED) is 0.706. The van der Waals surface area contributed by atoms with Crippen LogP contribution in [0.3, 0.4) is 0 Å². The number of carbonyl (C=O) groups is 1. The first-order chi connectivity index (χ1) is 12.4. The van der Waals surface area contributed by atoms with Crippen LogP contribution < -0.4 is 14.8 Å². The lowest BCUT2D eigenvalue weighted by Gasteiger charge is -2.13. The number of benzene rings is 2. The summed E-state index contributed by atoms with van der Waals surface area (Å²) in [6.45, 7) is 5.86. The SMILES string of the molecule is Cc1ccc(NC(=O)c2c(C)nc3cc4c(cc3c2C)OCO4)cc1Cl. The third-order valence-corrected chi connectivity index (χ3v) is 4.98. The Bertz CT molecular complexity index is 1060. The number of aromatic nitrogens is 1. The van der Waals surface area contributed by atoms with Crippen molar-refractivity contribution in [1.29, 1.82) is 0 Å². The summed E-state index contributed by atoms with van der Waals surface area (Å²) in [6, 6.07) is 9.16. The van der Waals surface area contributed by atoms with Gasteiger partial charge in [-0.1, -0.05) is 17.7 Å². The molecule has 1 aromatic heterocycles. The van der Waals surface area contributed by atoms with Gasteiger partial charge >= 0.3 is 0 Å². The molecule has 132 valence electrons. The highest BCUT2D eigenvalue weighted by atomic mass is 35.5. The van der Waals surface area contributed by atoms with Crippen molar-refractivity contribution < 1.29 is 14.3 Å². The molecule has 0 fully saturated rings. The van der Waals surface area contributed by atoms with Crippen molar-refractivity contribution in [2.24, 2.45) is 0 Å². The number of anilines is 1. The number of fused-ring (bicyclic) bond motifs is 2. The Labute approximate surface area is 155 Å². The smallest absolute Gasteiger partial charge is 0.257 e. The monoisotopic (exact) mass is 368 g/mol. The van der Waals surface area contributed by atoms with Gasteiger partial charge in [0.05, 0.1) is 16.8 Å². The van der Waals surface area contributed by atoms with E-state index in [1.165, 1.54) is 0 Å². The summed E-state index contributed by atoms with van der Waals surface area (Å²) in [5.41, 5.74) is 4.44. The fourth-order valence-corrected chi connectivity index (χ4v) is 3.35. The molecule has 0 radical (unpaired) electrons. The van der Waals surface area contributed by atoms with Gasteiger partial charge in [-0.2, -0.15) is 0 Å². The van der Waals surface area contributed by atoms with Gasteiger partial charge in [0.15, 0.2) is 11.5 Å².